The molecule has 0 aromatic heterocycles. The van der Waals surface area contributed by atoms with E-state index in [9.17, 15) is 4.79 Å². The maximum Gasteiger partial charge on any atom is 0.307 e. The monoisotopic (exact) mass is 146 g/mol. The Kier molecular flexibility index (Phi) is 2.01. The zero-order valence-electron chi connectivity index (χ0n) is 5.59. The second-order valence-corrected chi connectivity index (χ2v) is 3.25. The number of thioether (sulfide) groups is 1. The zero-order chi connectivity index (χ0) is 6.85. The first-order chi connectivity index (χ1) is 4.24. The van der Waals surface area contributed by atoms with Crippen LogP contribution in [0.3, 0.4) is 0 Å². The van der Waals surface area contributed by atoms with E-state index in [1.54, 1.807) is 11.8 Å². The van der Waals surface area contributed by atoms with E-state index in [-0.39, 0.29) is 12.1 Å². The smallest absolute Gasteiger partial charge is 0.307 e. The van der Waals surface area contributed by atoms with Crippen LogP contribution < -0.4 is 0 Å². The number of hydrogen-bond donors (Lipinski definition) is 0. The van der Waals surface area contributed by atoms with Crippen LogP contribution in [0.2, 0.25) is 0 Å². The number of ether oxygens (including phenoxy) is 1. The predicted molar refractivity (Wildman–Crippen MR) is 37.5 cm³/mol. The fourth-order valence-electron chi connectivity index (χ4n) is 0.937. The van der Waals surface area contributed by atoms with Crippen LogP contribution in [0.1, 0.15) is 13.3 Å². The summed E-state index contributed by atoms with van der Waals surface area (Å²) in [6, 6.07) is 0. The van der Waals surface area contributed by atoms with E-state index in [1.165, 1.54) is 0 Å². The third-order valence-electron chi connectivity index (χ3n) is 1.51. The lowest BCUT2D eigenvalue weighted by Gasteiger charge is -2.07. The second-order valence-electron chi connectivity index (χ2n) is 2.17. The Morgan fingerprint density at radius 3 is 2.67 bits per heavy atom. The summed E-state index contributed by atoms with van der Waals surface area (Å²) in [4.78, 5) is 10.6. The van der Waals surface area contributed by atoms with Gasteiger partial charge in [0.05, 0.1) is 11.7 Å². The van der Waals surface area contributed by atoms with Gasteiger partial charge in [0.1, 0.15) is 6.10 Å². The van der Waals surface area contributed by atoms with Gasteiger partial charge in [0.15, 0.2) is 0 Å². The topological polar surface area (TPSA) is 26.3 Å². The maximum atomic E-state index is 10.6. The summed E-state index contributed by atoms with van der Waals surface area (Å²) in [6.07, 6.45) is 2.71. The molecule has 0 N–H and O–H groups in total. The molecule has 9 heavy (non-hydrogen) atoms. The number of cyclic esters (lactones) is 1. The zero-order valence-corrected chi connectivity index (χ0v) is 6.40. The Morgan fingerprint density at radius 2 is 2.44 bits per heavy atom. The molecule has 1 fully saturated rings. The summed E-state index contributed by atoms with van der Waals surface area (Å²) in [7, 11) is 0. The van der Waals surface area contributed by atoms with Gasteiger partial charge in [-0.05, 0) is 13.2 Å². The van der Waals surface area contributed by atoms with Gasteiger partial charge in [-0.3, -0.25) is 4.79 Å². The number of hydrogen-bond acceptors (Lipinski definition) is 3. The Labute approximate surface area is 59.0 Å². The molecule has 1 rings (SSSR count). The molecule has 0 unspecified atom stereocenters. The van der Waals surface area contributed by atoms with Crippen LogP contribution >= 0.6 is 11.8 Å². The van der Waals surface area contributed by atoms with Crippen molar-refractivity contribution in [1.82, 2.24) is 0 Å². The van der Waals surface area contributed by atoms with Crippen LogP contribution in [0.4, 0.5) is 0 Å². The third kappa shape index (κ3) is 1.39. The van der Waals surface area contributed by atoms with Gasteiger partial charge in [-0.15, -0.1) is 0 Å². The lowest BCUT2D eigenvalue weighted by molar-refractivity contribution is -0.140. The van der Waals surface area contributed by atoms with Gasteiger partial charge in [0.2, 0.25) is 0 Å². The van der Waals surface area contributed by atoms with Crippen molar-refractivity contribution < 1.29 is 9.53 Å². The molecule has 0 radical (unpaired) electrons. The largest absolute Gasteiger partial charge is 0.461 e. The van der Waals surface area contributed by atoms with Crippen molar-refractivity contribution in [2.75, 3.05) is 6.26 Å². The van der Waals surface area contributed by atoms with E-state index >= 15 is 0 Å². The maximum absolute atomic E-state index is 10.6. The second kappa shape index (κ2) is 2.60. The molecule has 0 amide bonds. The summed E-state index contributed by atoms with van der Waals surface area (Å²) in [5, 5.41) is 0.387. The summed E-state index contributed by atoms with van der Waals surface area (Å²) >= 11 is 1.70. The Morgan fingerprint density at radius 1 is 1.78 bits per heavy atom. The first kappa shape index (κ1) is 6.93. The molecule has 0 bridgehead atoms. The third-order valence-corrected chi connectivity index (χ3v) is 2.67. The molecule has 0 aromatic carbocycles. The van der Waals surface area contributed by atoms with E-state index in [0.29, 0.717) is 11.7 Å². The Bertz CT molecular complexity index is 124. The molecular weight excluding hydrogens is 136 g/mol. The van der Waals surface area contributed by atoms with E-state index in [1.807, 2.05) is 13.2 Å². The van der Waals surface area contributed by atoms with E-state index in [2.05, 4.69) is 0 Å². The average molecular weight is 146 g/mol. The van der Waals surface area contributed by atoms with Crippen molar-refractivity contribution in [3.05, 3.63) is 0 Å². The SMILES string of the molecule is CS[C@@H]1CC(=O)O[C@H]1C. The Hall–Kier alpha value is -0.180. The molecule has 2 atom stereocenters. The van der Waals surface area contributed by atoms with Gasteiger partial charge in [0.25, 0.3) is 0 Å². The number of esters is 1. The lowest BCUT2D eigenvalue weighted by atomic mass is 10.2. The van der Waals surface area contributed by atoms with Crippen molar-refractivity contribution in [2.45, 2.75) is 24.7 Å². The number of carbonyl (C=O) groups is 1. The molecule has 0 spiro atoms. The minimum Gasteiger partial charge on any atom is -0.461 e. The highest BCUT2D eigenvalue weighted by atomic mass is 32.2. The quantitative estimate of drug-likeness (QED) is 0.517. The van der Waals surface area contributed by atoms with Crippen molar-refractivity contribution >= 4 is 17.7 Å². The molecule has 52 valence electrons. The van der Waals surface area contributed by atoms with Gasteiger partial charge >= 0.3 is 5.97 Å². The molecular formula is C6H10O2S. The number of carbonyl (C=O) groups excluding carboxylic acids is 1. The van der Waals surface area contributed by atoms with Crippen LogP contribution in [0, 0.1) is 0 Å². The highest BCUT2D eigenvalue weighted by molar-refractivity contribution is 7.99. The highest BCUT2D eigenvalue weighted by Crippen LogP contribution is 2.24. The number of rotatable bonds is 1. The van der Waals surface area contributed by atoms with Gasteiger partial charge in [-0.1, -0.05) is 0 Å². The van der Waals surface area contributed by atoms with Crippen LogP contribution in [-0.4, -0.2) is 23.6 Å². The van der Waals surface area contributed by atoms with Gasteiger partial charge in [-0.2, -0.15) is 11.8 Å². The van der Waals surface area contributed by atoms with Crippen molar-refractivity contribution in [3.8, 4) is 0 Å². The van der Waals surface area contributed by atoms with E-state index < -0.39 is 0 Å². The van der Waals surface area contributed by atoms with Gasteiger partial charge in [0, 0.05) is 0 Å². The van der Waals surface area contributed by atoms with E-state index in [4.69, 9.17) is 4.74 Å². The van der Waals surface area contributed by atoms with Crippen molar-refractivity contribution in [3.63, 3.8) is 0 Å². The first-order valence-corrected chi connectivity index (χ1v) is 4.25. The minimum atomic E-state index is -0.0538. The molecule has 0 saturated carbocycles. The molecule has 0 aliphatic carbocycles. The van der Waals surface area contributed by atoms with Crippen LogP contribution in [0.15, 0.2) is 0 Å². The fourth-order valence-corrected chi connectivity index (χ4v) is 1.68. The van der Waals surface area contributed by atoms with Crippen LogP contribution in [0.25, 0.3) is 0 Å². The van der Waals surface area contributed by atoms with Crippen LogP contribution in [-0.2, 0) is 9.53 Å². The molecule has 1 aliphatic rings. The van der Waals surface area contributed by atoms with Crippen molar-refractivity contribution in [1.29, 1.82) is 0 Å². The molecule has 1 aliphatic heterocycles. The lowest BCUT2D eigenvalue weighted by Crippen LogP contribution is -2.12. The summed E-state index contributed by atoms with van der Waals surface area (Å²) in [6.45, 7) is 1.94. The Balaban J connectivity index is 2.47. The first-order valence-electron chi connectivity index (χ1n) is 2.96. The molecule has 3 heteroatoms. The normalized spacial score (nSPS) is 34.7. The summed E-state index contributed by atoms with van der Waals surface area (Å²) < 4.78 is 4.90. The van der Waals surface area contributed by atoms with Crippen LogP contribution in [0.5, 0.6) is 0 Å². The predicted octanol–water partition coefficient (Wildman–Crippen LogP) is 1.05. The van der Waals surface area contributed by atoms with E-state index in [0.717, 1.165) is 0 Å². The molecule has 1 saturated heterocycles. The molecule has 0 aromatic rings. The van der Waals surface area contributed by atoms with Crippen molar-refractivity contribution in [2.24, 2.45) is 0 Å². The molecule has 1 heterocycles. The standard InChI is InChI=1S/C6H10O2S/c1-4-5(9-2)3-6(7)8-4/h4-5H,3H2,1-2H3/t4-,5+/m0/s1. The fraction of sp³-hybridized carbons (Fsp3) is 0.833. The summed E-state index contributed by atoms with van der Waals surface area (Å²) in [5.41, 5.74) is 0. The minimum absolute atomic E-state index is 0.0538. The van der Waals surface area contributed by atoms with Gasteiger partial charge < -0.3 is 4.74 Å². The average Bonchev–Trinajstić information content (AvgIpc) is 2.10. The summed E-state index contributed by atoms with van der Waals surface area (Å²) in [5.74, 6) is -0.0538. The molecule has 2 nitrogen and oxygen atoms in total. The highest BCUT2D eigenvalue weighted by Gasteiger charge is 2.30. The van der Waals surface area contributed by atoms with Gasteiger partial charge in [-0.25, -0.2) is 0 Å².